The number of methoxy groups -OCH3 is 1. The Morgan fingerprint density at radius 3 is 2.95 bits per heavy atom. The highest BCUT2D eigenvalue weighted by Crippen LogP contribution is 2.25. The predicted octanol–water partition coefficient (Wildman–Crippen LogP) is 0.797. The van der Waals surface area contributed by atoms with Crippen LogP contribution < -0.4 is 10.1 Å². The summed E-state index contributed by atoms with van der Waals surface area (Å²) in [7, 11) is 1.45. The highest BCUT2D eigenvalue weighted by atomic mass is 32.2. The number of carboxylic acid groups (broad SMARTS) is 1. The number of hydrogen-bond donors (Lipinski definition) is 3. The van der Waals surface area contributed by atoms with E-state index in [0.29, 0.717) is 11.3 Å². The summed E-state index contributed by atoms with van der Waals surface area (Å²) in [5.41, 5.74) is 0.596. The van der Waals surface area contributed by atoms with E-state index in [9.17, 15) is 14.7 Å². The summed E-state index contributed by atoms with van der Waals surface area (Å²) >= 11 is 1.02. The number of rotatable bonds is 5. The summed E-state index contributed by atoms with van der Waals surface area (Å²) in [4.78, 5) is 22.1. The number of nitrogens with one attached hydrogen (secondary N) is 1. The van der Waals surface area contributed by atoms with Gasteiger partial charge < -0.3 is 20.3 Å². The maximum Gasteiger partial charge on any atom is 0.305 e. The number of ether oxygens (including phenoxy) is 1. The van der Waals surface area contributed by atoms with Gasteiger partial charge in [-0.05, 0) is 23.8 Å². The lowest BCUT2D eigenvalue weighted by Gasteiger charge is -2.02. The molecule has 2 rings (SSSR count). The largest absolute Gasteiger partial charge is 0.504 e. The van der Waals surface area contributed by atoms with E-state index in [4.69, 9.17) is 9.84 Å². The molecule has 0 bridgehead atoms. The van der Waals surface area contributed by atoms with Gasteiger partial charge in [0, 0.05) is 0 Å². The molecule has 0 aliphatic carbocycles. The molecule has 1 aromatic carbocycles. The maximum absolute atomic E-state index is 11.5. The van der Waals surface area contributed by atoms with Crippen molar-refractivity contribution in [2.24, 2.45) is 10.2 Å². The molecule has 116 valence electrons. The number of phenols is 1. The van der Waals surface area contributed by atoms with Crippen molar-refractivity contribution >= 4 is 35.0 Å². The first-order valence-corrected chi connectivity index (χ1v) is 7.05. The van der Waals surface area contributed by atoms with Crippen molar-refractivity contribution in [2.45, 2.75) is 11.7 Å². The van der Waals surface area contributed by atoms with E-state index in [1.165, 1.54) is 19.4 Å². The van der Waals surface area contributed by atoms with Gasteiger partial charge in [-0.1, -0.05) is 11.8 Å². The number of hydrogen-bond acceptors (Lipinski definition) is 7. The van der Waals surface area contributed by atoms with E-state index in [0.717, 1.165) is 11.8 Å². The molecular weight excluding hydrogens is 310 g/mol. The number of carboxylic acids is 1. The Hall–Kier alpha value is -2.55. The summed E-state index contributed by atoms with van der Waals surface area (Å²) < 4.78 is 4.92. The number of thioether (sulfide) groups is 1. The molecule has 3 N–H and O–H groups in total. The Labute approximate surface area is 129 Å². The molecule has 8 nitrogen and oxygen atoms in total. The molecule has 1 heterocycles. The molecule has 1 unspecified atom stereocenters. The second-order valence-electron chi connectivity index (χ2n) is 4.27. The van der Waals surface area contributed by atoms with E-state index in [-0.39, 0.29) is 17.3 Å². The van der Waals surface area contributed by atoms with Gasteiger partial charge in [0.25, 0.3) is 0 Å². The summed E-state index contributed by atoms with van der Waals surface area (Å²) in [5, 5.41) is 27.9. The number of amides is 1. The Bertz CT molecular complexity index is 659. The molecular formula is C13H13N3O5S. The van der Waals surface area contributed by atoms with Crippen LogP contribution in [0.4, 0.5) is 0 Å². The summed E-state index contributed by atoms with van der Waals surface area (Å²) in [6.07, 6.45) is 1.12. The van der Waals surface area contributed by atoms with Gasteiger partial charge in [-0.15, -0.1) is 5.10 Å². The van der Waals surface area contributed by atoms with E-state index in [2.05, 4.69) is 15.5 Å². The number of aliphatic carboxylic acids is 1. The van der Waals surface area contributed by atoms with Crippen molar-refractivity contribution in [3.8, 4) is 11.5 Å². The van der Waals surface area contributed by atoms with Gasteiger partial charge in [-0.2, -0.15) is 5.10 Å². The minimum absolute atomic E-state index is 0.0239. The molecule has 22 heavy (non-hydrogen) atoms. The third-order valence-corrected chi connectivity index (χ3v) is 3.77. The van der Waals surface area contributed by atoms with Gasteiger partial charge in [0.05, 0.1) is 19.7 Å². The monoisotopic (exact) mass is 323 g/mol. The van der Waals surface area contributed by atoms with Crippen LogP contribution in [-0.4, -0.2) is 45.8 Å². The van der Waals surface area contributed by atoms with Crippen molar-refractivity contribution in [2.75, 3.05) is 7.11 Å². The average Bonchev–Trinajstić information content (AvgIpc) is 2.78. The van der Waals surface area contributed by atoms with E-state index < -0.39 is 17.1 Å². The number of benzene rings is 1. The van der Waals surface area contributed by atoms with Crippen LogP contribution in [0.15, 0.2) is 28.4 Å². The smallest absolute Gasteiger partial charge is 0.305 e. The van der Waals surface area contributed by atoms with Crippen LogP contribution in [0, 0.1) is 0 Å². The fourth-order valence-electron chi connectivity index (χ4n) is 1.68. The lowest BCUT2D eigenvalue weighted by molar-refractivity contribution is -0.138. The molecule has 1 saturated heterocycles. The van der Waals surface area contributed by atoms with Gasteiger partial charge in [-0.3, -0.25) is 9.59 Å². The third-order valence-electron chi connectivity index (χ3n) is 2.69. The fourth-order valence-corrected chi connectivity index (χ4v) is 2.60. The van der Waals surface area contributed by atoms with Gasteiger partial charge in [0.15, 0.2) is 16.7 Å². The van der Waals surface area contributed by atoms with Crippen molar-refractivity contribution in [3.63, 3.8) is 0 Å². The topological polar surface area (TPSA) is 121 Å². The minimum atomic E-state index is -1.05. The van der Waals surface area contributed by atoms with Crippen LogP contribution in [0.1, 0.15) is 12.0 Å². The SMILES string of the molecule is COc1ccc(C=N/N=C2/NC(=O)C(CC(=O)O)S2)cc1O. The standard InChI is InChI=1S/C13H13N3O5S/c1-21-9-3-2-7(4-8(9)17)6-14-16-13-15-12(20)10(22-13)5-11(18)19/h2-4,6,10,17H,5H2,1H3,(H,18,19)(H,15,16,20). The number of carbonyl (C=O) groups is 2. The molecule has 1 aromatic rings. The van der Waals surface area contributed by atoms with Crippen LogP contribution in [-0.2, 0) is 9.59 Å². The van der Waals surface area contributed by atoms with Crippen molar-refractivity contribution in [1.82, 2.24) is 5.32 Å². The quantitative estimate of drug-likeness (QED) is 0.544. The highest BCUT2D eigenvalue weighted by Gasteiger charge is 2.32. The van der Waals surface area contributed by atoms with E-state index in [1.54, 1.807) is 12.1 Å². The van der Waals surface area contributed by atoms with Gasteiger partial charge >= 0.3 is 5.97 Å². The zero-order valence-corrected chi connectivity index (χ0v) is 12.3. The van der Waals surface area contributed by atoms with Crippen molar-refractivity contribution in [3.05, 3.63) is 23.8 Å². The van der Waals surface area contributed by atoms with E-state index in [1.807, 2.05) is 0 Å². The summed E-state index contributed by atoms with van der Waals surface area (Å²) in [6, 6.07) is 4.71. The molecule has 1 aliphatic heterocycles. The molecule has 1 atom stereocenters. The molecule has 0 spiro atoms. The average molecular weight is 323 g/mol. The highest BCUT2D eigenvalue weighted by molar-refractivity contribution is 8.15. The molecule has 9 heteroatoms. The van der Waals surface area contributed by atoms with Gasteiger partial charge in [-0.25, -0.2) is 0 Å². The number of phenolic OH excluding ortho intramolecular Hbond substituents is 1. The maximum atomic E-state index is 11.5. The second kappa shape index (κ2) is 6.94. The Morgan fingerprint density at radius 1 is 1.55 bits per heavy atom. The molecule has 0 aromatic heterocycles. The predicted molar refractivity (Wildman–Crippen MR) is 81.5 cm³/mol. The molecule has 1 aliphatic rings. The van der Waals surface area contributed by atoms with E-state index >= 15 is 0 Å². The van der Waals surface area contributed by atoms with Gasteiger partial charge in [0.1, 0.15) is 5.25 Å². The van der Waals surface area contributed by atoms with Crippen molar-refractivity contribution in [1.29, 1.82) is 0 Å². The zero-order chi connectivity index (χ0) is 16.1. The number of aromatic hydroxyl groups is 1. The molecule has 1 fully saturated rings. The van der Waals surface area contributed by atoms with Crippen LogP contribution >= 0.6 is 11.8 Å². The first kappa shape index (κ1) is 15.8. The molecule has 0 radical (unpaired) electrons. The molecule has 0 saturated carbocycles. The third kappa shape index (κ3) is 3.98. The number of amidine groups is 1. The van der Waals surface area contributed by atoms with Crippen molar-refractivity contribution < 1.29 is 24.5 Å². The first-order valence-electron chi connectivity index (χ1n) is 6.17. The number of nitrogens with zero attached hydrogens (tertiary/aromatic N) is 2. The first-order chi connectivity index (χ1) is 10.5. The Kier molecular flexibility index (Phi) is 4.99. The lowest BCUT2D eigenvalue weighted by atomic mass is 10.2. The normalized spacial score (nSPS) is 19.6. The lowest BCUT2D eigenvalue weighted by Crippen LogP contribution is -2.26. The molecule has 1 amide bonds. The van der Waals surface area contributed by atoms with Crippen LogP contribution in [0.25, 0.3) is 0 Å². The Balaban J connectivity index is 2.01. The van der Waals surface area contributed by atoms with Crippen LogP contribution in [0.5, 0.6) is 11.5 Å². The summed E-state index contributed by atoms with van der Waals surface area (Å²) in [6.45, 7) is 0. The second-order valence-corrected chi connectivity index (χ2v) is 5.47. The minimum Gasteiger partial charge on any atom is -0.504 e. The zero-order valence-electron chi connectivity index (χ0n) is 11.5. The van der Waals surface area contributed by atoms with Crippen LogP contribution in [0.3, 0.4) is 0 Å². The van der Waals surface area contributed by atoms with Crippen LogP contribution in [0.2, 0.25) is 0 Å². The fraction of sp³-hybridized carbons (Fsp3) is 0.231. The summed E-state index contributed by atoms with van der Waals surface area (Å²) in [5.74, 6) is -1.13. The number of carbonyl (C=O) groups excluding carboxylic acids is 1. The Morgan fingerprint density at radius 2 is 2.32 bits per heavy atom. The van der Waals surface area contributed by atoms with Gasteiger partial charge in [0.2, 0.25) is 5.91 Å².